The maximum Gasteiger partial charge on any atom is 0.306 e. The third-order valence-corrected chi connectivity index (χ3v) is 15.2. The van der Waals surface area contributed by atoms with Crippen LogP contribution in [0.25, 0.3) is 0 Å². The van der Waals surface area contributed by atoms with E-state index in [9.17, 15) is 23.1 Å². The molecule has 63 heavy (non-hydrogen) atoms. The van der Waals surface area contributed by atoms with E-state index in [4.69, 9.17) is 37.9 Å². The SMILES string of the molecule is CC[C@H]1CCC[C@H](O[C@H]2CC[C@H](N(C)C)C(C)O2)[C@@H](C)C(=O)C2=C[C@H]3[C@@H]4C[C@H](O[C@@H]5OC(C)[C@H](OC)C(OC)C5OC)C[C@H]4[C@H](Nc4cc(F)c(F)c(F)c4)[C@@H](O)[C@H]3[C@@H]2CC(=O)O1. The summed E-state index contributed by atoms with van der Waals surface area (Å²) in [5.74, 6) is -7.95. The lowest BCUT2D eigenvalue weighted by Crippen LogP contribution is -2.59. The van der Waals surface area contributed by atoms with Gasteiger partial charge in [-0.25, -0.2) is 13.2 Å². The summed E-state index contributed by atoms with van der Waals surface area (Å²) in [6.45, 7) is 7.76. The van der Waals surface area contributed by atoms with Crippen molar-refractivity contribution in [3.8, 4) is 0 Å². The first kappa shape index (κ1) is 48.3. The van der Waals surface area contributed by atoms with Crippen molar-refractivity contribution >= 4 is 17.4 Å². The van der Waals surface area contributed by atoms with Gasteiger partial charge in [-0.15, -0.1) is 0 Å². The van der Waals surface area contributed by atoms with Gasteiger partial charge in [-0.3, -0.25) is 9.59 Å². The highest BCUT2D eigenvalue weighted by Crippen LogP contribution is 2.57. The lowest BCUT2D eigenvalue weighted by atomic mass is 9.62. The van der Waals surface area contributed by atoms with Crippen molar-refractivity contribution in [3.05, 3.63) is 41.2 Å². The van der Waals surface area contributed by atoms with Gasteiger partial charge in [0.25, 0.3) is 0 Å². The first-order valence-electron chi connectivity index (χ1n) is 23.0. The predicted molar refractivity (Wildman–Crippen MR) is 225 cm³/mol. The highest BCUT2D eigenvalue weighted by molar-refractivity contribution is 5.99. The minimum Gasteiger partial charge on any atom is -0.462 e. The summed E-state index contributed by atoms with van der Waals surface area (Å²) in [4.78, 5) is 31.1. The Hall–Kier alpha value is -2.67. The van der Waals surface area contributed by atoms with Crippen LogP contribution in [0.3, 0.4) is 0 Å². The number of carbonyl (C=O) groups is 2. The number of rotatable bonds is 11. The van der Waals surface area contributed by atoms with E-state index in [0.29, 0.717) is 50.5 Å². The molecule has 1 aromatic rings. The maximum atomic E-state index is 15.0. The van der Waals surface area contributed by atoms with Gasteiger partial charge in [0.05, 0.1) is 43.0 Å². The van der Waals surface area contributed by atoms with E-state index in [-0.39, 0.29) is 53.9 Å². The van der Waals surface area contributed by atoms with E-state index in [2.05, 4.69) is 10.2 Å². The number of esters is 1. The minimum absolute atomic E-state index is 0.0506. The van der Waals surface area contributed by atoms with E-state index in [1.165, 1.54) is 0 Å². The molecule has 354 valence electrons. The fraction of sp³-hybridized carbons (Fsp3) is 0.787. The van der Waals surface area contributed by atoms with Crippen molar-refractivity contribution in [1.29, 1.82) is 0 Å². The second-order valence-corrected chi connectivity index (χ2v) is 19.0. The van der Waals surface area contributed by atoms with Gasteiger partial charge in [0.2, 0.25) is 0 Å². The number of likely N-dealkylation sites (N-methyl/N-ethyl adjacent to an activating group) is 1. The number of benzene rings is 1. The summed E-state index contributed by atoms with van der Waals surface area (Å²) in [6, 6.07) is 1.14. The number of methoxy groups -OCH3 is 3. The smallest absolute Gasteiger partial charge is 0.306 e. The highest BCUT2D eigenvalue weighted by atomic mass is 19.2. The summed E-state index contributed by atoms with van der Waals surface area (Å²) in [7, 11) is 8.77. The third kappa shape index (κ3) is 9.90. The molecule has 4 unspecified atom stereocenters. The molecule has 19 atom stereocenters. The molecule has 6 aliphatic rings. The van der Waals surface area contributed by atoms with Crippen molar-refractivity contribution in [2.75, 3.05) is 40.7 Å². The Kier molecular flexibility index (Phi) is 15.7. The Balaban J connectivity index is 1.22. The summed E-state index contributed by atoms with van der Waals surface area (Å²) >= 11 is 0. The standard InChI is InChI=1S/C47H69F3N2O11/c1-10-26-12-11-13-36(63-38-15-14-35(52(5)6)23(3)59-38)22(2)42(54)32-20-29-28-18-27(62-47-46(58-9)45(57-8)44(56-7)24(4)60-47)19-31(28)41(43(55)39(29)30(32)21-37(53)61-26)51-25-16-33(48)40(50)34(49)17-25/h16-17,20,22-24,26-31,35-36,38-39,41,43-47,51,55H,10-15,18-19,21H2,1-9H3/t22-,23?,24?,26+,27+,28+,29+,30-,31-,35+,36+,38+,39-,41+,43+,44+,45?,46?,47+/m1/s1. The van der Waals surface area contributed by atoms with Crippen molar-refractivity contribution in [2.24, 2.45) is 35.5 Å². The molecule has 7 rings (SSSR count). The van der Waals surface area contributed by atoms with Crippen LogP contribution in [0.4, 0.5) is 18.9 Å². The number of ether oxygens (including phenoxy) is 8. The number of carbonyl (C=O) groups excluding carboxylic acids is 2. The Morgan fingerprint density at radius 1 is 0.857 bits per heavy atom. The first-order valence-corrected chi connectivity index (χ1v) is 23.0. The van der Waals surface area contributed by atoms with Crippen LogP contribution in [0.2, 0.25) is 0 Å². The normalized spacial score (nSPS) is 42.4. The third-order valence-electron chi connectivity index (χ3n) is 15.2. The number of cyclic esters (lactones) is 1. The maximum absolute atomic E-state index is 15.0. The monoisotopic (exact) mass is 894 g/mol. The molecule has 0 bridgehead atoms. The Morgan fingerprint density at radius 2 is 1.54 bits per heavy atom. The number of hydrogen-bond acceptors (Lipinski definition) is 13. The molecule has 3 aliphatic carbocycles. The number of aliphatic hydroxyl groups is 1. The molecule has 1 aromatic carbocycles. The van der Waals surface area contributed by atoms with Gasteiger partial charge < -0.3 is 53.2 Å². The van der Waals surface area contributed by atoms with Gasteiger partial charge in [-0.05, 0) is 103 Å². The molecule has 0 radical (unpaired) electrons. The molecule has 2 saturated carbocycles. The summed E-state index contributed by atoms with van der Waals surface area (Å²) in [5.41, 5.74) is 0.395. The number of nitrogens with zero attached hydrogens (tertiary/aromatic N) is 1. The van der Waals surface area contributed by atoms with Gasteiger partial charge in [0.1, 0.15) is 24.4 Å². The van der Waals surface area contributed by atoms with E-state index in [0.717, 1.165) is 18.6 Å². The quantitative estimate of drug-likeness (QED) is 0.193. The zero-order valence-corrected chi connectivity index (χ0v) is 38.2. The second kappa shape index (κ2) is 20.5. The number of fused-ring (bicyclic) bond motifs is 5. The molecule has 2 N–H and O–H groups in total. The largest absolute Gasteiger partial charge is 0.462 e. The zero-order chi connectivity index (χ0) is 45.4. The number of allylic oxidation sites excluding steroid dienone is 2. The van der Waals surface area contributed by atoms with Gasteiger partial charge in [0, 0.05) is 62.9 Å². The number of anilines is 1. The minimum atomic E-state index is -1.60. The average Bonchev–Trinajstić information content (AvgIpc) is 3.83. The number of ketones is 1. The predicted octanol–water partition coefficient (Wildman–Crippen LogP) is 6.19. The Labute approximate surface area is 370 Å². The lowest BCUT2D eigenvalue weighted by Gasteiger charge is -2.47. The van der Waals surface area contributed by atoms with Crippen molar-refractivity contribution in [3.63, 3.8) is 0 Å². The van der Waals surface area contributed by atoms with Crippen molar-refractivity contribution in [2.45, 2.75) is 165 Å². The number of aliphatic hydroxyl groups excluding tert-OH is 1. The number of hydrogen-bond donors (Lipinski definition) is 2. The number of nitrogens with one attached hydrogen (secondary N) is 1. The molecule has 0 spiro atoms. The van der Waals surface area contributed by atoms with Crippen LogP contribution in [0, 0.1) is 53.0 Å². The molecule has 0 aromatic heterocycles. The summed E-state index contributed by atoms with van der Waals surface area (Å²) in [6.07, 6.45) is 0.807. The Bertz CT molecular complexity index is 1770. The van der Waals surface area contributed by atoms with E-state index in [1.54, 1.807) is 21.3 Å². The fourth-order valence-electron chi connectivity index (χ4n) is 12.0. The number of halogens is 3. The van der Waals surface area contributed by atoms with E-state index >= 15 is 4.79 Å². The van der Waals surface area contributed by atoms with E-state index in [1.807, 2.05) is 47.9 Å². The molecule has 13 nitrogen and oxygen atoms in total. The molecule has 3 aliphatic heterocycles. The van der Waals surface area contributed by atoms with Gasteiger partial charge in [-0.1, -0.05) is 19.9 Å². The topological polar surface area (TPSA) is 143 Å². The first-order chi connectivity index (χ1) is 30.1. The molecule has 3 saturated heterocycles. The average molecular weight is 895 g/mol. The van der Waals surface area contributed by atoms with Crippen LogP contribution in [-0.4, -0.2) is 137 Å². The summed E-state index contributed by atoms with van der Waals surface area (Å²) in [5, 5.41) is 15.8. The van der Waals surface area contributed by atoms with E-state index < -0.39 is 103 Å². The highest BCUT2D eigenvalue weighted by Gasteiger charge is 2.60. The second-order valence-electron chi connectivity index (χ2n) is 19.0. The van der Waals surface area contributed by atoms with Gasteiger partial charge in [-0.2, -0.15) is 0 Å². The Morgan fingerprint density at radius 3 is 2.17 bits per heavy atom. The van der Waals surface area contributed by atoms with Gasteiger partial charge >= 0.3 is 5.97 Å². The number of Topliss-reactive ketones (excluding diaryl/α,β-unsaturated/α-hetero) is 1. The molecule has 0 amide bonds. The molecule has 16 heteroatoms. The fourth-order valence-corrected chi connectivity index (χ4v) is 12.0. The van der Waals surface area contributed by atoms with Crippen molar-refractivity contribution < 1.29 is 65.8 Å². The molecular formula is C47H69F3N2O11. The zero-order valence-electron chi connectivity index (χ0n) is 38.2. The lowest BCUT2D eigenvalue weighted by molar-refractivity contribution is -0.314. The molecule has 3 heterocycles. The van der Waals surface area contributed by atoms with Crippen LogP contribution in [0.15, 0.2) is 23.8 Å². The van der Waals surface area contributed by atoms with Crippen LogP contribution < -0.4 is 5.32 Å². The molecular weight excluding hydrogens is 826 g/mol. The summed E-state index contributed by atoms with van der Waals surface area (Å²) < 4.78 is 93.2. The van der Waals surface area contributed by atoms with Crippen LogP contribution in [0.5, 0.6) is 0 Å². The van der Waals surface area contributed by atoms with Crippen LogP contribution in [-0.2, 0) is 47.5 Å². The van der Waals surface area contributed by atoms with Crippen LogP contribution >= 0.6 is 0 Å². The van der Waals surface area contributed by atoms with Gasteiger partial charge in [0.15, 0.2) is 35.8 Å². The molecule has 5 fully saturated rings. The van der Waals surface area contributed by atoms with Crippen molar-refractivity contribution in [1.82, 2.24) is 4.90 Å². The van der Waals surface area contributed by atoms with Crippen LogP contribution in [0.1, 0.15) is 85.5 Å².